The van der Waals surface area contributed by atoms with E-state index in [9.17, 15) is 19.5 Å². The van der Waals surface area contributed by atoms with Gasteiger partial charge in [0.05, 0.1) is 34.4 Å². The Bertz CT molecular complexity index is 1470. The second-order valence-corrected chi connectivity index (χ2v) is 19.5. The quantitative estimate of drug-likeness (QED) is 0.0211. The van der Waals surface area contributed by atoms with Crippen LogP contribution in [0, 0.1) is 0 Å². The van der Waals surface area contributed by atoms with Crippen LogP contribution in [0.2, 0.25) is 0 Å². The number of rotatable bonds is 50. The van der Waals surface area contributed by atoms with E-state index in [4.69, 9.17) is 18.9 Å². The summed E-state index contributed by atoms with van der Waals surface area (Å²) in [6, 6.07) is 0. The zero-order valence-electron chi connectivity index (χ0n) is 45.4. The smallest absolute Gasteiger partial charge is 0.361 e. The standard InChI is InChI=1S/C61H103NO8/c1-6-8-10-12-14-16-18-20-22-24-26-27-28-29-30-31-32-33-34-36-38-40-42-44-46-48-50-52-59(64)70-57(56-69-61(60(65)66)67-54-53-62(3,4)5)55-68-58(63)51-49-47-45-43-41-39-37-35-25-23-21-19-17-15-13-11-9-7-2/h8,10,14,16-17,19-20,22-23,25-27,29-30,32-33,57,61H,6-7,9,11-13,15,18,21,24,28,31,34-56H2,1-5H3/p+1/b10-8-,16-14-,19-17-,22-20-,25-23-,27-26-,30-29-,33-32-. The molecule has 70 heavy (non-hydrogen) atoms. The van der Waals surface area contributed by atoms with Gasteiger partial charge in [-0.05, 0) is 96.3 Å². The Labute approximate surface area is 429 Å². The molecule has 400 valence electrons. The van der Waals surface area contributed by atoms with Gasteiger partial charge < -0.3 is 28.5 Å². The minimum absolute atomic E-state index is 0.180. The molecule has 0 fully saturated rings. The van der Waals surface area contributed by atoms with Gasteiger partial charge in [0.25, 0.3) is 6.29 Å². The molecule has 0 heterocycles. The molecular formula is C61H104NO8+. The molecule has 0 aliphatic heterocycles. The number of hydrogen-bond donors (Lipinski definition) is 1. The van der Waals surface area contributed by atoms with Crippen LogP contribution in [-0.2, 0) is 33.3 Å². The van der Waals surface area contributed by atoms with Gasteiger partial charge in [0.15, 0.2) is 6.10 Å². The second kappa shape index (κ2) is 51.6. The molecule has 0 aliphatic rings. The first-order valence-corrected chi connectivity index (χ1v) is 27.9. The molecule has 0 spiro atoms. The Hall–Kier alpha value is -3.79. The molecule has 1 N–H and O–H groups in total. The summed E-state index contributed by atoms with van der Waals surface area (Å²) in [6.45, 7) is 4.72. The van der Waals surface area contributed by atoms with Gasteiger partial charge in [-0.2, -0.15) is 0 Å². The number of carboxylic acid groups (broad SMARTS) is 1. The Balaban J connectivity index is 4.33. The van der Waals surface area contributed by atoms with Gasteiger partial charge in [-0.15, -0.1) is 0 Å². The maximum absolute atomic E-state index is 12.9. The third-order valence-corrected chi connectivity index (χ3v) is 11.6. The third kappa shape index (κ3) is 52.0. The van der Waals surface area contributed by atoms with Gasteiger partial charge in [0.1, 0.15) is 13.2 Å². The fourth-order valence-electron chi connectivity index (χ4n) is 7.28. The summed E-state index contributed by atoms with van der Waals surface area (Å²) in [7, 11) is 5.95. The van der Waals surface area contributed by atoms with E-state index in [0.717, 1.165) is 103 Å². The van der Waals surface area contributed by atoms with Crippen LogP contribution in [-0.4, -0.2) is 87.4 Å². The fraction of sp³-hybridized carbons (Fsp3) is 0.689. The molecule has 0 radical (unpaired) electrons. The highest BCUT2D eigenvalue weighted by atomic mass is 16.7. The van der Waals surface area contributed by atoms with Gasteiger partial charge in [-0.25, -0.2) is 4.79 Å². The average Bonchev–Trinajstić information content (AvgIpc) is 3.33. The van der Waals surface area contributed by atoms with Crippen LogP contribution in [0.15, 0.2) is 97.2 Å². The van der Waals surface area contributed by atoms with Crippen LogP contribution < -0.4 is 0 Å². The number of quaternary nitrogens is 1. The van der Waals surface area contributed by atoms with Crippen molar-refractivity contribution in [2.75, 3.05) is 47.5 Å². The number of nitrogens with zero attached hydrogens (tertiary/aromatic N) is 1. The largest absolute Gasteiger partial charge is 0.477 e. The lowest BCUT2D eigenvalue weighted by atomic mass is 10.1. The van der Waals surface area contributed by atoms with E-state index in [0.29, 0.717) is 17.4 Å². The van der Waals surface area contributed by atoms with Gasteiger partial charge in [0.2, 0.25) is 0 Å². The number of ether oxygens (including phenoxy) is 4. The Kier molecular flexibility index (Phi) is 48.8. The summed E-state index contributed by atoms with van der Waals surface area (Å²) in [5, 5.41) is 9.69. The van der Waals surface area contributed by atoms with E-state index in [1.54, 1.807) is 0 Å². The highest BCUT2D eigenvalue weighted by Crippen LogP contribution is 2.14. The predicted octanol–water partition coefficient (Wildman–Crippen LogP) is 16.2. The zero-order valence-corrected chi connectivity index (χ0v) is 45.4. The maximum Gasteiger partial charge on any atom is 0.361 e. The first-order valence-electron chi connectivity index (χ1n) is 27.9. The number of carboxylic acids is 1. The van der Waals surface area contributed by atoms with Crippen molar-refractivity contribution in [3.63, 3.8) is 0 Å². The lowest BCUT2D eigenvalue weighted by molar-refractivity contribution is -0.870. The van der Waals surface area contributed by atoms with E-state index in [2.05, 4.69) is 111 Å². The maximum atomic E-state index is 12.9. The number of unbranched alkanes of at least 4 members (excludes halogenated alkanes) is 19. The van der Waals surface area contributed by atoms with Gasteiger partial charge in [-0.3, -0.25) is 9.59 Å². The number of carbonyl (C=O) groups is 3. The Morgan fingerprint density at radius 2 is 0.814 bits per heavy atom. The first-order chi connectivity index (χ1) is 34.1. The molecule has 9 heteroatoms. The van der Waals surface area contributed by atoms with Crippen molar-refractivity contribution in [1.82, 2.24) is 0 Å². The molecule has 2 unspecified atom stereocenters. The molecule has 0 aromatic rings. The molecule has 0 amide bonds. The Morgan fingerprint density at radius 1 is 0.443 bits per heavy atom. The summed E-state index contributed by atoms with van der Waals surface area (Å²) in [6.07, 6.45) is 66.1. The SMILES string of the molecule is CC/C=C\C/C=C\C/C=C\C/C=C\C/C=C\C/C=C\CCCCCCCCCCC(=O)OC(COC(=O)CCCCCCCCC/C=C\C/C=C\CCCCCC)COC(OCC[N+](C)(C)C)C(=O)O. The van der Waals surface area contributed by atoms with Gasteiger partial charge in [-0.1, -0.05) is 201 Å². The van der Waals surface area contributed by atoms with Crippen molar-refractivity contribution in [1.29, 1.82) is 0 Å². The number of hydrogen-bond acceptors (Lipinski definition) is 7. The van der Waals surface area contributed by atoms with Crippen LogP contribution >= 0.6 is 0 Å². The van der Waals surface area contributed by atoms with E-state index >= 15 is 0 Å². The number of aliphatic carboxylic acids is 1. The minimum Gasteiger partial charge on any atom is -0.477 e. The number of likely N-dealkylation sites (N-methyl/N-ethyl adjacent to an activating group) is 1. The van der Waals surface area contributed by atoms with Crippen LogP contribution in [0.25, 0.3) is 0 Å². The Morgan fingerprint density at radius 3 is 1.21 bits per heavy atom. The molecule has 0 bridgehead atoms. The van der Waals surface area contributed by atoms with E-state index < -0.39 is 24.3 Å². The van der Waals surface area contributed by atoms with Crippen molar-refractivity contribution in [3.8, 4) is 0 Å². The normalized spacial score (nSPS) is 13.6. The van der Waals surface area contributed by atoms with Crippen molar-refractivity contribution < 1.29 is 42.9 Å². The van der Waals surface area contributed by atoms with Gasteiger partial charge in [0, 0.05) is 12.8 Å². The highest BCUT2D eigenvalue weighted by molar-refractivity contribution is 5.71. The average molecular weight is 980 g/mol. The molecule has 0 aromatic carbocycles. The van der Waals surface area contributed by atoms with E-state index in [1.165, 1.54) is 77.0 Å². The summed E-state index contributed by atoms with van der Waals surface area (Å²) in [4.78, 5) is 37.4. The number of carbonyl (C=O) groups excluding carboxylic acids is 2. The summed E-state index contributed by atoms with van der Waals surface area (Å²) < 4.78 is 22.8. The van der Waals surface area contributed by atoms with E-state index in [-0.39, 0.29) is 38.6 Å². The van der Waals surface area contributed by atoms with Crippen LogP contribution in [0.1, 0.15) is 213 Å². The lowest BCUT2D eigenvalue weighted by Crippen LogP contribution is -2.40. The van der Waals surface area contributed by atoms with Crippen LogP contribution in [0.3, 0.4) is 0 Å². The summed E-state index contributed by atoms with van der Waals surface area (Å²) in [5.74, 6) is -2.03. The van der Waals surface area contributed by atoms with Crippen molar-refractivity contribution in [2.45, 2.75) is 225 Å². The van der Waals surface area contributed by atoms with Gasteiger partial charge >= 0.3 is 17.9 Å². The molecule has 2 atom stereocenters. The zero-order chi connectivity index (χ0) is 51.3. The molecule has 0 aromatic heterocycles. The number of allylic oxidation sites excluding steroid dienone is 16. The highest BCUT2D eigenvalue weighted by Gasteiger charge is 2.25. The molecule has 0 saturated carbocycles. The van der Waals surface area contributed by atoms with E-state index in [1.807, 2.05) is 21.1 Å². The molecular weight excluding hydrogens is 875 g/mol. The molecule has 0 aliphatic carbocycles. The predicted molar refractivity (Wildman–Crippen MR) is 295 cm³/mol. The third-order valence-electron chi connectivity index (χ3n) is 11.6. The molecule has 0 rings (SSSR count). The second-order valence-electron chi connectivity index (χ2n) is 19.5. The molecule has 0 saturated heterocycles. The minimum atomic E-state index is -1.52. The van der Waals surface area contributed by atoms with Crippen LogP contribution in [0.5, 0.6) is 0 Å². The first kappa shape index (κ1) is 66.2. The van der Waals surface area contributed by atoms with Crippen LogP contribution in [0.4, 0.5) is 0 Å². The van der Waals surface area contributed by atoms with Crippen molar-refractivity contribution in [3.05, 3.63) is 97.2 Å². The lowest BCUT2D eigenvalue weighted by Gasteiger charge is -2.25. The fourth-order valence-corrected chi connectivity index (χ4v) is 7.28. The van der Waals surface area contributed by atoms with Crippen molar-refractivity contribution >= 4 is 17.9 Å². The monoisotopic (exact) mass is 979 g/mol. The summed E-state index contributed by atoms with van der Waals surface area (Å²) in [5.41, 5.74) is 0. The van der Waals surface area contributed by atoms with Crippen molar-refractivity contribution in [2.24, 2.45) is 0 Å². The number of esters is 2. The summed E-state index contributed by atoms with van der Waals surface area (Å²) >= 11 is 0. The molecule has 9 nitrogen and oxygen atoms in total. The topological polar surface area (TPSA) is 108 Å².